The zero-order valence-corrected chi connectivity index (χ0v) is 17.6. The summed E-state index contributed by atoms with van der Waals surface area (Å²) in [7, 11) is 2.99. The van der Waals surface area contributed by atoms with E-state index in [1.807, 2.05) is 32.9 Å². The first-order valence-corrected chi connectivity index (χ1v) is 7.68. The van der Waals surface area contributed by atoms with Gasteiger partial charge in [0.2, 0.25) is 5.91 Å². The maximum Gasteiger partial charge on any atom is 0.337 e. The van der Waals surface area contributed by atoms with Crippen LogP contribution in [-0.4, -0.2) is 44.1 Å². The predicted molar refractivity (Wildman–Crippen MR) is 109 cm³/mol. The fraction of sp³-hybridized carbons (Fsp3) is 0.471. The summed E-state index contributed by atoms with van der Waals surface area (Å²) in [5, 5.41) is 8.93. The van der Waals surface area contributed by atoms with Crippen LogP contribution in [0.3, 0.4) is 0 Å². The maximum atomic E-state index is 11.8. The fourth-order valence-electron chi connectivity index (χ4n) is 1.91. The molecule has 1 amide bonds. The number of nitrogens with one attached hydrogen (secondary N) is 3. The molecule has 0 heterocycles. The second-order valence-electron chi connectivity index (χ2n) is 6.27. The highest BCUT2D eigenvalue weighted by atomic mass is 127. The van der Waals surface area contributed by atoms with E-state index in [0.29, 0.717) is 18.1 Å². The van der Waals surface area contributed by atoms with E-state index in [1.54, 1.807) is 19.2 Å². The molecule has 0 aliphatic rings. The van der Waals surface area contributed by atoms with Crippen molar-refractivity contribution in [2.75, 3.05) is 20.7 Å². The number of ether oxygens (including phenoxy) is 1. The number of methoxy groups -OCH3 is 1. The Morgan fingerprint density at radius 3 is 2.20 bits per heavy atom. The molecule has 7 nitrogen and oxygen atoms in total. The number of esters is 1. The van der Waals surface area contributed by atoms with Gasteiger partial charge in [0, 0.05) is 19.1 Å². The van der Waals surface area contributed by atoms with Crippen LogP contribution >= 0.6 is 24.0 Å². The van der Waals surface area contributed by atoms with E-state index >= 15 is 0 Å². The molecular formula is C17H27IN4O3. The minimum Gasteiger partial charge on any atom is -0.465 e. The minimum atomic E-state index is -0.364. The van der Waals surface area contributed by atoms with Crippen molar-refractivity contribution in [3.63, 3.8) is 0 Å². The van der Waals surface area contributed by atoms with Crippen LogP contribution in [0.1, 0.15) is 36.7 Å². The number of carbonyl (C=O) groups excluding carboxylic acids is 2. The van der Waals surface area contributed by atoms with E-state index in [9.17, 15) is 9.59 Å². The topological polar surface area (TPSA) is 91.8 Å². The molecule has 8 heteroatoms. The van der Waals surface area contributed by atoms with Crippen molar-refractivity contribution in [1.82, 2.24) is 16.0 Å². The molecule has 0 saturated carbocycles. The van der Waals surface area contributed by atoms with Gasteiger partial charge in [-0.15, -0.1) is 24.0 Å². The van der Waals surface area contributed by atoms with Gasteiger partial charge in [0.25, 0.3) is 0 Å². The Labute approximate surface area is 166 Å². The molecule has 0 unspecified atom stereocenters. The predicted octanol–water partition coefficient (Wildman–Crippen LogP) is 1.67. The first-order chi connectivity index (χ1) is 11.2. The lowest BCUT2D eigenvalue weighted by atomic mass is 10.1. The summed E-state index contributed by atoms with van der Waals surface area (Å²) < 4.78 is 4.66. The Bertz CT molecular complexity index is 595. The first-order valence-electron chi connectivity index (χ1n) is 7.68. The molecule has 0 radical (unpaired) electrons. The number of nitrogens with zero attached hydrogens (tertiary/aromatic N) is 1. The van der Waals surface area contributed by atoms with E-state index in [4.69, 9.17) is 0 Å². The lowest BCUT2D eigenvalue weighted by Gasteiger charge is -2.21. The SMILES string of the molecule is CN=C(NCC(=O)NC(C)(C)C)NCc1ccc(C(=O)OC)cc1.I. The van der Waals surface area contributed by atoms with Gasteiger partial charge >= 0.3 is 5.97 Å². The van der Waals surface area contributed by atoms with Crippen LogP contribution in [0, 0.1) is 0 Å². The van der Waals surface area contributed by atoms with Crippen LogP contribution in [0.4, 0.5) is 0 Å². The van der Waals surface area contributed by atoms with Crippen molar-refractivity contribution in [3.8, 4) is 0 Å². The van der Waals surface area contributed by atoms with Gasteiger partial charge in [-0.3, -0.25) is 9.79 Å². The van der Waals surface area contributed by atoms with E-state index in [1.165, 1.54) is 7.11 Å². The molecule has 0 spiro atoms. The largest absolute Gasteiger partial charge is 0.465 e. The number of amides is 1. The number of hydrogen-bond donors (Lipinski definition) is 3. The first kappa shape index (κ1) is 23.2. The number of carbonyl (C=O) groups is 2. The lowest BCUT2D eigenvalue weighted by Crippen LogP contribution is -2.48. The monoisotopic (exact) mass is 462 g/mol. The standard InChI is InChI=1S/C17H26N4O3.HI/c1-17(2,3)21-14(22)11-20-16(18-4)19-10-12-6-8-13(9-7-12)15(23)24-5;/h6-9H,10-11H2,1-5H3,(H,21,22)(H2,18,19,20);1H. The second-order valence-corrected chi connectivity index (χ2v) is 6.27. The molecule has 0 aromatic heterocycles. The van der Waals surface area contributed by atoms with Gasteiger partial charge in [-0.25, -0.2) is 4.79 Å². The van der Waals surface area contributed by atoms with Crippen LogP contribution in [0.25, 0.3) is 0 Å². The second kappa shape index (κ2) is 10.9. The van der Waals surface area contributed by atoms with Crippen molar-refractivity contribution in [1.29, 1.82) is 0 Å². The van der Waals surface area contributed by atoms with Gasteiger partial charge in [-0.05, 0) is 38.5 Å². The molecule has 1 aromatic carbocycles. The summed E-state index contributed by atoms with van der Waals surface area (Å²) in [6.45, 7) is 6.43. The highest BCUT2D eigenvalue weighted by Crippen LogP contribution is 2.05. The zero-order valence-electron chi connectivity index (χ0n) is 15.3. The van der Waals surface area contributed by atoms with Crippen LogP contribution < -0.4 is 16.0 Å². The number of guanidine groups is 1. The average Bonchev–Trinajstić information content (AvgIpc) is 2.53. The van der Waals surface area contributed by atoms with Crippen LogP contribution in [0.5, 0.6) is 0 Å². The molecular weight excluding hydrogens is 435 g/mol. The molecule has 1 rings (SSSR count). The third-order valence-electron chi connectivity index (χ3n) is 2.99. The van der Waals surface area contributed by atoms with E-state index in [2.05, 4.69) is 25.7 Å². The Kier molecular flexibility index (Phi) is 10.1. The molecule has 140 valence electrons. The fourth-order valence-corrected chi connectivity index (χ4v) is 1.91. The zero-order chi connectivity index (χ0) is 18.2. The van der Waals surface area contributed by atoms with Crippen LogP contribution in [-0.2, 0) is 16.1 Å². The number of halogens is 1. The molecule has 0 bridgehead atoms. The third-order valence-corrected chi connectivity index (χ3v) is 2.99. The molecule has 3 N–H and O–H groups in total. The molecule has 1 aromatic rings. The summed E-state index contributed by atoms with van der Waals surface area (Å²) in [4.78, 5) is 27.2. The summed E-state index contributed by atoms with van der Waals surface area (Å²) >= 11 is 0. The van der Waals surface area contributed by atoms with Gasteiger partial charge in [0.1, 0.15) is 0 Å². The van der Waals surface area contributed by atoms with Crippen LogP contribution in [0.15, 0.2) is 29.3 Å². The van der Waals surface area contributed by atoms with Crippen molar-refractivity contribution < 1.29 is 14.3 Å². The Morgan fingerprint density at radius 2 is 1.72 bits per heavy atom. The van der Waals surface area contributed by atoms with Gasteiger partial charge in [0.15, 0.2) is 5.96 Å². The molecule has 0 saturated heterocycles. The summed E-state index contributed by atoms with van der Waals surface area (Å²) in [6.07, 6.45) is 0. The van der Waals surface area contributed by atoms with E-state index in [-0.39, 0.29) is 47.9 Å². The number of aliphatic imine (C=N–C) groups is 1. The molecule has 0 atom stereocenters. The van der Waals surface area contributed by atoms with Gasteiger partial charge in [0.05, 0.1) is 19.2 Å². The summed E-state index contributed by atoms with van der Waals surface area (Å²) in [5.41, 5.74) is 1.21. The highest BCUT2D eigenvalue weighted by molar-refractivity contribution is 14.0. The van der Waals surface area contributed by atoms with Gasteiger partial charge in [-0.2, -0.15) is 0 Å². The van der Waals surface area contributed by atoms with E-state index < -0.39 is 0 Å². The third kappa shape index (κ3) is 9.28. The van der Waals surface area contributed by atoms with E-state index in [0.717, 1.165) is 5.56 Å². The van der Waals surface area contributed by atoms with Crippen LogP contribution in [0.2, 0.25) is 0 Å². The summed E-state index contributed by atoms with van der Waals surface area (Å²) in [5.74, 6) is 0.0563. The molecule has 0 aliphatic carbocycles. The van der Waals surface area contributed by atoms with Crippen molar-refractivity contribution in [3.05, 3.63) is 35.4 Å². The van der Waals surface area contributed by atoms with Gasteiger partial charge < -0.3 is 20.7 Å². The molecule has 0 fully saturated rings. The summed E-state index contributed by atoms with van der Waals surface area (Å²) in [6, 6.07) is 7.07. The van der Waals surface area contributed by atoms with Gasteiger partial charge in [-0.1, -0.05) is 12.1 Å². The highest BCUT2D eigenvalue weighted by Gasteiger charge is 2.13. The smallest absolute Gasteiger partial charge is 0.337 e. The Morgan fingerprint density at radius 1 is 1.12 bits per heavy atom. The average molecular weight is 462 g/mol. The normalized spacial score (nSPS) is 11.2. The number of benzene rings is 1. The Hall–Kier alpha value is -1.84. The molecule has 0 aliphatic heterocycles. The van der Waals surface area contributed by atoms with Crippen molar-refractivity contribution in [2.45, 2.75) is 32.9 Å². The molecule has 25 heavy (non-hydrogen) atoms. The van der Waals surface area contributed by atoms with Crippen molar-refractivity contribution >= 4 is 41.8 Å². The quantitative estimate of drug-likeness (QED) is 0.268. The maximum absolute atomic E-state index is 11.8. The Balaban J connectivity index is 0.00000576. The number of rotatable bonds is 5. The number of hydrogen-bond acceptors (Lipinski definition) is 4. The van der Waals surface area contributed by atoms with Crippen molar-refractivity contribution in [2.24, 2.45) is 4.99 Å². The minimum absolute atomic E-state index is 0. The lowest BCUT2D eigenvalue weighted by molar-refractivity contribution is -0.121.